The van der Waals surface area contributed by atoms with Gasteiger partial charge in [0.25, 0.3) is 0 Å². The Bertz CT molecular complexity index is 1540. The first-order valence-corrected chi connectivity index (χ1v) is 12.4. The molecule has 0 spiro atoms. The van der Waals surface area contributed by atoms with Gasteiger partial charge in [0.2, 0.25) is 0 Å². The van der Waals surface area contributed by atoms with Crippen molar-refractivity contribution in [3.8, 4) is 0 Å². The van der Waals surface area contributed by atoms with Gasteiger partial charge in [0, 0.05) is 12.6 Å². The molecule has 37 heavy (non-hydrogen) atoms. The maximum atomic E-state index is 13.1. The number of esters is 2. The average Bonchev–Trinajstić information content (AvgIpc) is 3.15. The number of aromatic nitrogens is 3. The van der Waals surface area contributed by atoms with Crippen LogP contribution in [0.15, 0.2) is 61.1 Å². The number of benzene rings is 2. The van der Waals surface area contributed by atoms with Crippen LogP contribution in [0, 0.1) is 13.8 Å². The van der Waals surface area contributed by atoms with Crippen molar-refractivity contribution in [2.45, 2.75) is 44.3 Å². The summed E-state index contributed by atoms with van der Waals surface area (Å²) in [7, 11) is 0. The van der Waals surface area contributed by atoms with Gasteiger partial charge in [-0.3, -0.25) is 0 Å². The van der Waals surface area contributed by atoms with Crippen LogP contribution >= 0.6 is 23.2 Å². The van der Waals surface area contributed by atoms with Crippen LogP contribution in [0.5, 0.6) is 0 Å². The zero-order valence-electron chi connectivity index (χ0n) is 19.9. The average molecular weight is 538 g/mol. The predicted octanol–water partition coefficient (Wildman–Crippen LogP) is 5.48. The van der Waals surface area contributed by atoms with E-state index in [1.54, 1.807) is 35.0 Å². The van der Waals surface area contributed by atoms with E-state index >= 15 is 0 Å². The molecule has 6 rings (SSSR count). The highest BCUT2D eigenvalue weighted by molar-refractivity contribution is 6.41. The molecule has 8 nitrogen and oxygen atoms in total. The van der Waals surface area contributed by atoms with Crippen molar-refractivity contribution in [1.29, 1.82) is 0 Å². The molecule has 1 saturated heterocycles. The van der Waals surface area contributed by atoms with Gasteiger partial charge in [0.15, 0.2) is 11.7 Å². The van der Waals surface area contributed by atoms with Crippen molar-refractivity contribution in [3.63, 3.8) is 0 Å². The summed E-state index contributed by atoms with van der Waals surface area (Å²) in [6, 6.07) is 14.1. The van der Waals surface area contributed by atoms with Gasteiger partial charge in [-0.05, 0) is 38.1 Å². The van der Waals surface area contributed by atoms with Crippen LogP contribution in [0.25, 0.3) is 11.0 Å². The van der Waals surface area contributed by atoms with Crippen LogP contribution in [0.3, 0.4) is 0 Å². The number of ether oxygens (including phenoxy) is 3. The summed E-state index contributed by atoms with van der Waals surface area (Å²) in [5.41, 5.74) is 2.17. The van der Waals surface area contributed by atoms with Crippen molar-refractivity contribution < 1.29 is 23.8 Å². The Morgan fingerprint density at radius 3 is 2.24 bits per heavy atom. The highest BCUT2D eigenvalue weighted by Gasteiger charge is 2.78. The molecule has 0 radical (unpaired) electrons. The SMILES string of the molecule is Cc1ccc(C(=O)OC2[C@H]3O[C@@H](n4cc(Cl)c5c(Cl)ncnc54)C[C@@]23OC(=O)c2ccc(C)cc2)cc1. The fraction of sp³-hybridized carbons (Fsp3) is 0.259. The fourth-order valence-electron chi connectivity index (χ4n) is 4.76. The monoisotopic (exact) mass is 537 g/mol. The highest BCUT2D eigenvalue weighted by Crippen LogP contribution is 2.58. The number of halogens is 2. The lowest BCUT2D eigenvalue weighted by Crippen LogP contribution is -2.28. The Hall–Kier alpha value is -3.46. The zero-order chi connectivity index (χ0) is 25.9. The minimum Gasteiger partial charge on any atom is -0.451 e. The molecule has 1 unspecified atom stereocenters. The quantitative estimate of drug-likeness (QED) is 0.246. The minimum absolute atomic E-state index is 0.224. The van der Waals surface area contributed by atoms with Crippen LogP contribution in [-0.4, -0.2) is 44.3 Å². The number of carbonyl (C=O) groups excluding carboxylic acids is 2. The molecule has 1 aliphatic carbocycles. The standard InChI is InChI=1S/C27H21Cl2N3O5/c1-14-3-7-16(8-4-14)25(33)36-22-21-27(22,37-26(34)17-9-5-15(2)6-10-17)11-19(35-21)32-12-18(28)20-23(29)30-13-31-24(20)32/h3-10,12-13,19,21-22H,11H2,1-2H3/t19-,21-,22?,27+/m1/s1. The minimum atomic E-state index is -1.16. The molecule has 2 aromatic carbocycles. The van der Waals surface area contributed by atoms with E-state index in [0.29, 0.717) is 27.2 Å². The Morgan fingerprint density at radius 1 is 0.973 bits per heavy atom. The summed E-state index contributed by atoms with van der Waals surface area (Å²) in [6.07, 6.45) is 1.23. The van der Waals surface area contributed by atoms with Gasteiger partial charge in [-0.15, -0.1) is 0 Å². The van der Waals surface area contributed by atoms with E-state index in [2.05, 4.69) is 9.97 Å². The molecule has 0 amide bonds. The summed E-state index contributed by atoms with van der Waals surface area (Å²) in [5, 5.41) is 1.10. The van der Waals surface area contributed by atoms with E-state index in [-0.39, 0.29) is 11.6 Å². The maximum Gasteiger partial charge on any atom is 0.338 e. The second-order valence-electron chi connectivity index (χ2n) is 9.37. The number of carbonyl (C=O) groups is 2. The molecule has 2 aliphatic rings. The van der Waals surface area contributed by atoms with Crippen LogP contribution in [0.4, 0.5) is 0 Å². The lowest BCUT2D eigenvalue weighted by atomic mass is 10.1. The van der Waals surface area contributed by atoms with E-state index < -0.39 is 36.0 Å². The number of hydrogen-bond donors (Lipinski definition) is 0. The molecule has 10 heteroatoms. The van der Waals surface area contributed by atoms with Gasteiger partial charge in [-0.2, -0.15) is 0 Å². The van der Waals surface area contributed by atoms with E-state index in [9.17, 15) is 9.59 Å². The topological polar surface area (TPSA) is 92.5 Å². The third kappa shape index (κ3) is 4.05. The molecular weight excluding hydrogens is 517 g/mol. The molecule has 4 atom stereocenters. The van der Waals surface area contributed by atoms with Gasteiger partial charge in [-0.25, -0.2) is 19.6 Å². The van der Waals surface area contributed by atoms with Crippen LogP contribution in [0.1, 0.15) is 44.5 Å². The maximum absolute atomic E-state index is 13.1. The normalized spacial score (nSPS) is 24.1. The van der Waals surface area contributed by atoms with Crippen molar-refractivity contribution in [3.05, 3.63) is 93.5 Å². The first-order valence-electron chi connectivity index (χ1n) is 11.7. The van der Waals surface area contributed by atoms with Gasteiger partial charge in [-0.1, -0.05) is 58.6 Å². The van der Waals surface area contributed by atoms with Crippen molar-refractivity contribution >= 4 is 46.2 Å². The smallest absolute Gasteiger partial charge is 0.338 e. The molecule has 1 saturated carbocycles. The van der Waals surface area contributed by atoms with Crippen molar-refractivity contribution in [2.24, 2.45) is 0 Å². The summed E-state index contributed by atoms with van der Waals surface area (Å²) in [4.78, 5) is 34.3. The lowest BCUT2D eigenvalue weighted by molar-refractivity contribution is -0.0313. The van der Waals surface area contributed by atoms with Crippen molar-refractivity contribution in [2.75, 3.05) is 0 Å². The lowest BCUT2D eigenvalue weighted by Gasteiger charge is -2.21. The second kappa shape index (κ2) is 8.83. The number of hydrogen-bond acceptors (Lipinski definition) is 7. The molecule has 0 N–H and O–H groups in total. The third-order valence-electron chi connectivity index (χ3n) is 6.84. The summed E-state index contributed by atoms with van der Waals surface area (Å²) in [5.74, 6) is -1.04. The second-order valence-corrected chi connectivity index (χ2v) is 10.1. The number of rotatable bonds is 5. The van der Waals surface area contributed by atoms with Gasteiger partial charge in [0.1, 0.15) is 29.5 Å². The first-order chi connectivity index (χ1) is 17.8. The van der Waals surface area contributed by atoms with E-state index in [1.807, 2.05) is 38.1 Å². The molecule has 4 aromatic rings. The summed E-state index contributed by atoms with van der Waals surface area (Å²) in [6.45, 7) is 3.87. The fourth-order valence-corrected chi connectivity index (χ4v) is 5.32. The molecule has 188 valence electrons. The highest BCUT2D eigenvalue weighted by atomic mass is 35.5. The molecule has 0 bridgehead atoms. The summed E-state index contributed by atoms with van der Waals surface area (Å²) >= 11 is 12.6. The Labute approximate surface area is 222 Å². The third-order valence-corrected chi connectivity index (χ3v) is 7.42. The van der Waals surface area contributed by atoms with Crippen molar-refractivity contribution in [1.82, 2.24) is 14.5 Å². The van der Waals surface area contributed by atoms with E-state index in [0.717, 1.165) is 11.1 Å². The van der Waals surface area contributed by atoms with Gasteiger partial charge < -0.3 is 18.8 Å². The van der Waals surface area contributed by atoms with Crippen LogP contribution in [-0.2, 0) is 14.2 Å². The first kappa shape index (κ1) is 23.9. The summed E-state index contributed by atoms with van der Waals surface area (Å²) < 4.78 is 19.8. The largest absolute Gasteiger partial charge is 0.451 e. The van der Waals surface area contributed by atoms with E-state index in [1.165, 1.54) is 6.33 Å². The molecule has 3 heterocycles. The molecule has 2 aromatic heterocycles. The van der Waals surface area contributed by atoms with Gasteiger partial charge >= 0.3 is 11.9 Å². The predicted molar refractivity (Wildman–Crippen MR) is 136 cm³/mol. The van der Waals surface area contributed by atoms with Crippen LogP contribution in [0.2, 0.25) is 10.2 Å². The van der Waals surface area contributed by atoms with Crippen LogP contribution < -0.4 is 0 Å². The molecular formula is C27H21Cl2N3O5. The molecule has 1 aliphatic heterocycles. The Morgan fingerprint density at radius 2 is 1.59 bits per heavy atom. The Balaban J connectivity index is 1.29. The Kier molecular flexibility index (Phi) is 5.71. The zero-order valence-corrected chi connectivity index (χ0v) is 21.4. The number of aryl methyl sites for hydroxylation is 2. The number of nitrogens with zero attached hydrogens (tertiary/aromatic N) is 3. The van der Waals surface area contributed by atoms with E-state index in [4.69, 9.17) is 37.4 Å². The number of fused-ring (bicyclic) bond motifs is 2. The van der Waals surface area contributed by atoms with Gasteiger partial charge in [0.05, 0.1) is 21.5 Å². The molecule has 2 fully saturated rings.